The van der Waals surface area contributed by atoms with Crippen molar-refractivity contribution in [3.63, 3.8) is 0 Å². The molecule has 0 aliphatic heterocycles. The van der Waals surface area contributed by atoms with Crippen molar-refractivity contribution in [2.24, 2.45) is 0 Å². The lowest BCUT2D eigenvalue weighted by Crippen LogP contribution is -2.11. The van der Waals surface area contributed by atoms with E-state index in [2.05, 4.69) is 6.92 Å². The van der Waals surface area contributed by atoms with Gasteiger partial charge in [0.1, 0.15) is 6.61 Å². The zero-order valence-electron chi connectivity index (χ0n) is 10.2. The van der Waals surface area contributed by atoms with Crippen molar-refractivity contribution in [3.05, 3.63) is 0 Å². The van der Waals surface area contributed by atoms with Crippen LogP contribution in [0, 0.1) is 0 Å². The van der Waals surface area contributed by atoms with Gasteiger partial charge in [-0.15, -0.1) is 0 Å². The van der Waals surface area contributed by atoms with Crippen molar-refractivity contribution in [2.75, 3.05) is 26.4 Å². The van der Waals surface area contributed by atoms with Gasteiger partial charge in [-0.25, -0.2) is 4.79 Å². The molecule has 0 fully saturated rings. The Morgan fingerprint density at radius 3 is 2.25 bits per heavy atom. The van der Waals surface area contributed by atoms with E-state index in [1.807, 2.05) is 0 Å². The van der Waals surface area contributed by atoms with Gasteiger partial charge in [-0.2, -0.15) is 0 Å². The summed E-state index contributed by atoms with van der Waals surface area (Å²) in [5.41, 5.74) is 0. The lowest BCUT2D eigenvalue weighted by Gasteiger charge is -2.04. The van der Waals surface area contributed by atoms with Gasteiger partial charge in [0.05, 0.1) is 13.2 Å². The third-order valence-electron chi connectivity index (χ3n) is 2.24. The van der Waals surface area contributed by atoms with Crippen LogP contribution in [0.4, 0.5) is 0 Å². The van der Waals surface area contributed by atoms with Crippen LogP contribution in [0.15, 0.2) is 0 Å². The minimum Gasteiger partial charge on any atom is -0.480 e. The standard InChI is InChI=1S/C12H24O4/c1-2-3-4-5-6-7-8-15-9-10-16-11-12(13)14/h2-11H2,1H3,(H,13,14). The Morgan fingerprint density at radius 2 is 1.56 bits per heavy atom. The van der Waals surface area contributed by atoms with Crippen LogP contribution >= 0.6 is 0 Å². The van der Waals surface area contributed by atoms with Gasteiger partial charge in [-0.1, -0.05) is 39.0 Å². The molecule has 0 aromatic rings. The van der Waals surface area contributed by atoms with Crippen molar-refractivity contribution < 1.29 is 19.4 Å². The fourth-order valence-electron chi connectivity index (χ4n) is 1.36. The average Bonchev–Trinajstić information content (AvgIpc) is 2.25. The summed E-state index contributed by atoms with van der Waals surface area (Å²) in [6, 6.07) is 0. The van der Waals surface area contributed by atoms with E-state index in [1.54, 1.807) is 0 Å². The van der Waals surface area contributed by atoms with Crippen molar-refractivity contribution in [3.8, 4) is 0 Å². The Labute approximate surface area is 97.9 Å². The summed E-state index contributed by atoms with van der Waals surface area (Å²) in [7, 11) is 0. The summed E-state index contributed by atoms with van der Waals surface area (Å²) < 4.78 is 10.1. The lowest BCUT2D eigenvalue weighted by atomic mass is 10.1. The molecule has 96 valence electrons. The normalized spacial score (nSPS) is 10.6. The molecule has 0 aliphatic carbocycles. The molecule has 0 rings (SSSR count). The second-order valence-electron chi connectivity index (χ2n) is 3.83. The predicted octanol–water partition coefficient (Wildman–Crippen LogP) is 2.46. The molecule has 0 bridgehead atoms. The van der Waals surface area contributed by atoms with Gasteiger partial charge in [-0.05, 0) is 6.42 Å². The molecule has 0 spiro atoms. The first kappa shape index (κ1) is 15.4. The molecule has 0 radical (unpaired) electrons. The second-order valence-corrected chi connectivity index (χ2v) is 3.83. The van der Waals surface area contributed by atoms with E-state index in [1.165, 1.54) is 32.1 Å². The molecule has 0 saturated carbocycles. The Hall–Kier alpha value is -0.610. The van der Waals surface area contributed by atoms with E-state index >= 15 is 0 Å². The van der Waals surface area contributed by atoms with Gasteiger partial charge in [0, 0.05) is 6.61 Å². The largest absolute Gasteiger partial charge is 0.480 e. The fourth-order valence-corrected chi connectivity index (χ4v) is 1.36. The first-order valence-corrected chi connectivity index (χ1v) is 6.14. The second kappa shape index (κ2) is 12.5. The van der Waals surface area contributed by atoms with Gasteiger partial charge in [0.2, 0.25) is 0 Å². The van der Waals surface area contributed by atoms with Crippen LogP contribution in [0.3, 0.4) is 0 Å². The summed E-state index contributed by atoms with van der Waals surface area (Å²) in [6.07, 6.45) is 7.50. The number of unbranched alkanes of at least 4 members (excludes halogenated alkanes) is 5. The number of aliphatic carboxylic acids is 1. The molecule has 0 aromatic heterocycles. The fraction of sp³-hybridized carbons (Fsp3) is 0.917. The van der Waals surface area contributed by atoms with Crippen LogP contribution in [0.1, 0.15) is 45.4 Å². The molecule has 0 amide bonds. The van der Waals surface area contributed by atoms with Crippen molar-refractivity contribution in [1.82, 2.24) is 0 Å². The van der Waals surface area contributed by atoms with Gasteiger partial charge in [-0.3, -0.25) is 0 Å². The third kappa shape index (κ3) is 13.4. The quantitative estimate of drug-likeness (QED) is 0.525. The molecule has 16 heavy (non-hydrogen) atoms. The van der Waals surface area contributed by atoms with Gasteiger partial charge in [0.15, 0.2) is 0 Å². The Bertz CT molecular complexity index is 159. The summed E-state index contributed by atoms with van der Waals surface area (Å²) >= 11 is 0. The number of carboxylic acid groups (broad SMARTS) is 1. The van der Waals surface area contributed by atoms with Crippen molar-refractivity contribution in [2.45, 2.75) is 45.4 Å². The monoisotopic (exact) mass is 232 g/mol. The van der Waals surface area contributed by atoms with Crippen molar-refractivity contribution in [1.29, 1.82) is 0 Å². The van der Waals surface area contributed by atoms with Crippen LogP contribution in [-0.2, 0) is 14.3 Å². The molecule has 4 heteroatoms. The Balaban J connectivity index is 2.90. The summed E-state index contributed by atoms with van der Waals surface area (Å²) in [5.74, 6) is -0.934. The van der Waals surface area contributed by atoms with E-state index in [4.69, 9.17) is 14.6 Å². The maximum absolute atomic E-state index is 10.1. The topological polar surface area (TPSA) is 55.8 Å². The molecule has 4 nitrogen and oxygen atoms in total. The maximum Gasteiger partial charge on any atom is 0.329 e. The highest BCUT2D eigenvalue weighted by molar-refractivity contribution is 5.67. The SMILES string of the molecule is CCCCCCCCOCCOCC(=O)O. The van der Waals surface area contributed by atoms with Gasteiger partial charge in [0.25, 0.3) is 0 Å². The maximum atomic E-state index is 10.1. The van der Waals surface area contributed by atoms with Gasteiger partial charge < -0.3 is 14.6 Å². The Kier molecular flexibility index (Phi) is 12.0. The van der Waals surface area contributed by atoms with Gasteiger partial charge >= 0.3 is 5.97 Å². The first-order chi connectivity index (χ1) is 7.77. The highest BCUT2D eigenvalue weighted by Gasteiger charge is 1.95. The zero-order chi connectivity index (χ0) is 12.1. The molecule has 0 heterocycles. The van der Waals surface area contributed by atoms with Crippen molar-refractivity contribution >= 4 is 5.97 Å². The first-order valence-electron chi connectivity index (χ1n) is 6.14. The van der Waals surface area contributed by atoms with E-state index in [9.17, 15) is 4.79 Å². The minimum absolute atomic E-state index is 0.236. The summed E-state index contributed by atoms with van der Waals surface area (Å²) in [4.78, 5) is 10.1. The number of carboxylic acids is 1. The van der Waals surface area contributed by atoms with Crippen LogP contribution in [0.5, 0.6) is 0 Å². The predicted molar refractivity (Wildman–Crippen MR) is 62.6 cm³/mol. The van der Waals surface area contributed by atoms with Crippen LogP contribution in [0.25, 0.3) is 0 Å². The minimum atomic E-state index is -0.934. The molecule has 0 aliphatic rings. The summed E-state index contributed by atoms with van der Waals surface area (Å²) in [5, 5.41) is 8.29. The molecule has 1 N–H and O–H groups in total. The van der Waals surface area contributed by atoms with E-state index in [0.717, 1.165) is 13.0 Å². The zero-order valence-corrected chi connectivity index (χ0v) is 10.2. The smallest absolute Gasteiger partial charge is 0.329 e. The number of rotatable bonds is 12. The molecule has 0 unspecified atom stereocenters. The molecule has 0 atom stereocenters. The van der Waals surface area contributed by atoms with E-state index < -0.39 is 5.97 Å². The van der Waals surface area contributed by atoms with E-state index in [0.29, 0.717) is 13.2 Å². The van der Waals surface area contributed by atoms with Crippen LogP contribution in [-0.4, -0.2) is 37.5 Å². The number of carbonyl (C=O) groups is 1. The number of hydrogen-bond acceptors (Lipinski definition) is 3. The third-order valence-corrected chi connectivity index (χ3v) is 2.24. The molecule has 0 aromatic carbocycles. The van der Waals surface area contributed by atoms with E-state index in [-0.39, 0.29) is 6.61 Å². The molecule has 0 saturated heterocycles. The molecular weight excluding hydrogens is 208 g/mol. The highest BCUT2D eigenvalue weighted by Crippen LogP contribution is 2.04. The number of ether oxygens (including phenoxy) is 2. The summed E-state index contributed by atoms with van der Waals surface area (Å²) in [6.45, 7) is 3.58. The number of hydrogen-bond donors (Lipinski definition) is 1. The lowest BCUT2D eigenvalue weighted by molar-refractivity contribution is -0.142. The van der Waals surface area contributed by atoms with Crippen LogP contribution < -0.4 is 0 Å². The average molecular weight is 232 g/mol. The van der Waals surface area contributed by atoms with Crippen LogP contribution in [0.2, 0.25) is 0 Å². The highest BCUT2D eigenvalue weighted by atomic mass is 16.5. The molecular formula is C12H24O4. The Morgan fingerprint density at radius 1 is 0.938 bits per heavy atom.